The zero-order valence-corrected chi connectivity index (χ0v) is 15.0. The Labute approximate surface area is 144 Å². The lowest BCUT2D eigenvalue weighted by Crippen LogP contribution is -2.26. The molecular weight excluding hydrogens is 300 g/mol. The first-order chi connectivity index (χ1) is 11.3. The summed E-state index contributed by atoms with van der Waals surface area (Å²) in [5.41, 5.74) is 3.86. The number of nitrogens with zero attached hydrogens (tertiary/aromatic N) is 1. The highest BCUT2D eigenvalue weighted by Gasteiger charge is 2.20. The molecule has 2 aromatic carbocycles. The van der Waals surface area contributed by atoms with Gasteiger partial charge in [-0.1, -0.05) is 56.7 Å². The fourth-order valence-corrected chi connectivity index (χ4v) is 3.97. The second-order valence-electron chi connectivity index (χ2n) is 6.07. The van der Waals surface area contributed by atoms with Crippen molar-refractivity contribution < 1.29 is 0 Å². The maximum atomic E-state index is 3.68. The Morgan fingerprint density at radius 2 is 1.57 bits per heavy atom. The highest BCUT2D eigenvalue weighted by atomic mass is 32.2. The van der Waals surface area contributed by atoms with Gasteiger partial charge < -0.3 is 10.2 Å². The van der Waals surface area contributed by atoms with Gasteiger partial charge in [0, 0.05) is 22.9 Å². The monoisotopic (exact) mass is 326 g/mol. The van der Waals surface area contributed by atoms with E-state index in [2.05, 4.69) is 66.5 Å². The van der Waals surface area contributed by atoms with Crippen molar-refractivity contribution in [2.24, 2.45) is 0 Å². The van der Waals surface area contributed by atoms with Gasteiger partial charge >= 0.3 is 0 Å². The molecule has 1 aliphatic rings. The third-order valence-electron chi connectivity index (χ3n) is 4.27. The van der Waals surface area contributed by atoms with Gasteiger partial charge in [-0.15, -0.1) is 0 Å². The lowest BCUT2D eigenvalue weighted by Gasteiger charge is -2.30. The van der Waals surface area contributed by atoms with Crippen molar-refractivity contribution in [3.8, 4) is 0 Å². The van der Waals surface area contributed by atoms with Crippen LogP contribution in [-0.4, -0.2) is 13.1 Å². The minimum atomic E-state index is 1.14. The minimum Gasteiger partial charge on any atom is -0.370 e. The molecule has 0 atom stereocenters. The maximum absolute atomic E-state index is 3.68. The molecule has 3 rings (SSSR count). The molecule has 122 valence electrons. The Morgan fingerprint density at radius 1 is 0.870 bits per heavy atom. The second-order valence-corrected chi connectivity index (χ2v) is 7.15. The summed E-state index contributed by atoms with van der Waals surface area (Å²) in [6.07, 6.45) is 4.97. The van der Waals surface area contributed by atoms with Crippen molar-refractivity contribution >= 4 is 28.8 Å². The van der Waals surface area contributed by atoms with E-state index in [9.17, 15) is 0 Å². The van der Waals surface area contributed by atoms with Crippen LogP contribution in [0.15, 0.2) is 52.3 Å². The molecule has 0 radical (unpaired) electrons. The molecule has 0 saturated carbocycles. The summed E-state index contributed by atoms with van der Waals surface area (Å²) < 4.78 is 0. The molecule has 23 heavy (non-hydrogen) atoms. The standard InChI is InChI=1S/C20H26N2S/c1-3-5-14-22(15-6-4-2)17-11-9-13-19-20(17)21-16-10-7-8-12-18(16)23-19/h7-13,21H,3-6,14-15H2,1-2H3. The van der Waals surface area contributed by atoms with Crippen LogP contribution in [0.1, 0.15) is 39.5 Å². The van der Waals surface area contributed by atoms with Gasteiger partial charge in [0.05, 0.1) is 17.1 Å². The van der Waals surface area contributed by atoms with Gasteiger partial charge in [-0.3, -0.25) is 0 Å². The fourth-order valence-electron chi connectivity index (χ4n) is 2.96. The normalized spacial score (nSPS) is 12.3. The van der Waals surface area contributed by atoms with Crippen LogP contribution in [0.25, 0.3) is 0 Å². The minimum absolute atomic E-state index is 1.14. The maximum Gasteiger partial charge on any atom is 0.0764 e. The average molecular weight is 327 g/mol. The Kier molecular flexibility index (Phi) is 5.50. The predicted molar refractivity (Wildman–Crippen MR) is 102 cm³/mol. The van der Waals surface area contributed by atoms with Crippen LogP contribution in [-0.2, 0) is 0 Å². The van der Waals surface area contributed by atoms with Crippen molar-refractivity contribution in [1.82, 2.24) is 0 Å². The summed E-state index contributed by atoms with van der Waals surface area (Å²) >= 11 is 1.87. The summed E-state index contributed by atoms with van der Waals surface area (Å²) in [6.45, 7) is 6.81. The Morgan fingerprint density at radius 3 is 2.30 bits per heavy atom. The molecule has 0 fully saturated rings. The van der Waals surface area contributed by atoms with Crippen LogP contribution in [0.4, 0.5) is 17.1 Å². The number of rotatable bonds is 7. The molecule has 1 N–H and O–H groups in total. The molecule has 0 aromatic heterocycles. The van der Waals surface area contributed by atoms with Crippen LogP contribution in [0.5, 0.6) is 0 Å². The smallest absolute Gasteiger partial charge is 0.0764 e. The Bertz CT molecular complexity index is 646. The van der Waals surface area contributed by atoms with Gasteiger partial charge in [0.1, 0.15) is 0 Å². The van der Waals surface area contributed by atoms with E-state index in [1.165, 1.54) is 52.5 Å². The van der Waals surface area contributed by atoms with Crippen LogP contribution in [0.3, 0.4) is 0 Å². The number of fused-ring (bicyclic) bond motifs is 2. The molecule has 1 aliphatic heterocycles. The number of hydrogen-bond donors (Lipinski definition) is 1. The molecule has 0 spiro atoms. The van der Waals surface area contributed by atoms with Gasteiger partial charge in [0.25, 0.3) is 0 Å². The molecule has 0 amide bonds. The first-order valence-corrected chi connectivity index (χ1v) is 9.57. The predicted octanol–water partition coefficient (Wildman–Crippen LogP) is 6.30. The van der Waals surface area contributed by atoms with E-state index < -0.39 is 0 Å². The zero-order chi connectivity index (χ0) is 16.1. The quantitative estimate of drug-likeness (QED) is 0.548. The van der Waals surface area contributed by atoms with Gasteiger partial charge in [-0.25, -0.2) is 0 Å². The Hall–Kier alpha value is -1.61. The number of benzene rings is 2. The zero-order valence-electron chi connectivity index (χ0n) is 14.1. The van der Waals surface area contributed by atoms with Crippen molar-refractivity contribution in [3.05, 3.63) is 42.5 Å². The molecule has 2 nitrogen and oxygen atoms in total. The summed E-state index contributed by atoms with van der Waals surface area (Å²) in [4.78, 5) is 5.21. The highest BCUT2D eigenvalue weighted by Crippen LogP contribution is 2.47. The van der Waals surface area contributed by atoms with Crippen molar-refractivity contribution in [2.45, 2.75) is 49.3 Å². The van der Waals surface area contributed by atoms with Crippen LogP contribution in [0, 0.1) is 0 Å². The largest absolute Gasteiger partial charge is 0.370 e. The van der Waals surface area contributed by atoms with E-state index in [1.54, 1.807) is 0 Å². The molecule has 0 aliphatic carbocycles. The van der Waals surface area contributed by atoms with Crippen molar-refractivity contribution in [2.75, 3.05) is 23.3 Å². The van der Waals surface area contributed by atoms with Crippen molar-refractivity contribution in [3.63, 3.8) is 0 Å². The molecule has 1 heterocycles. The second kappa shape index (κ2) is 7.78. The number of hydrogen-bond acceptors (Lipinski definition) is 3. The van der Waals surface area contributed by atoms with Gasteiger partial charge in [-0.2, -0.15) is 0 Å². The number of anilines is 3. The van der Waals surface area contributed by atoms with Gasteiger partial charge in [0.15, 0.2) is 0 Å². The van der Waals surface area contributed by atoms with Gasteiger partial charge in [-0.05, 0) is 37.1 Å². The molecule has 0 saturated heterocycles. The highest BCUT2D eigenvalue weighted by molar-refractivity contribution is 7.99. The van der Waals surface area contributed by atoms with Crippen LogP contribution < -0.4 is 10.2 Å². The summed E-state index contributed by atoms with van der Waals surface area (Å²) in [5.74, 6) is 0. The molecule has 2 aromatic rings. The molecule has 0 bridgehead atoms. The molecule has 3 heteroatoms. The Balaban J connectivity index is 1.91. The van der Waals surface area contributed by atoms with Gasteiger partial charge in [0.2, 0.25) is 0 Å². The van der Waals surface area contributed by atoms with E-state index in [0.29, 0.717) is 0 Å². The first-order valence-electron chi connectivity index (χ1n) is 8.75. The molecular formula is C20H26N2S. The molecule has 0 unspecified atom stereocenters. The van der Waals surface area contributed by atoms with E-state index >= 15 is 0 Å². The van der Waals surface area contributed by atoms with Crippen LogP contribution in [0.2, 0.25) is 0 Å². The van der Waals surface area contributed by atoms with E-state index in [4.69, 9.17) is 0 Å². The summed E-state index contributed by atoms with van der Waals surface area (Å²) in [7, 11) is 0. The number of unbranched alkanes of at least 4 members (excludes halogenated alkanes) is 2. The first kappa shape index (κ1) is 16.3. The third-order valence-corrected chi connectivity index (χ3v) is 5.41. The summed E-state index contributed by atoms with van der Waals surface area (Å²) in [6, 6.07) is 15.3. The fraction of sp³-hybridized carbons (Fsp3) is 0.400. The van der Waals surface area contributed by atoms with E-state index in [-0.39, 0.29) is 0 Å². The topological polar surface area (TPSA) is 15.3 Å². The lowest BCUT2D eigenvalue weighted by atomic mass is 10.2. The van der Waals surface area contributed by atoms with Crippen molar-refractivity contribution in [1.29, 1.82) is 0 Å². The van der Waals surface area contributed by atoms with Crippen LogP contribution >= 0.6 is 11.8 Å². The lowest BCUT2D eigenvalue weighted by molar-refractivity contribution is 0.678. The summed E-state index contributed by atoms with van der Waals surface area (Å²) in [5, 5.41) is 3.68. The number of para-hydroxylation sites is 2. The third kappa shape index (κ3) is 3.66. The SMILES string of the molecule is CCCCN(CCCC)c1cccc2c1Nc1ccccc1S2. The van der Waals surface area contributed by atoms with E-state index in [1.807, 2.05) is 11.8 Å². The number of nitrogens with one attached hydrogen (secondary N) is 1. The van der Waals surface area contributed by atoms with E-state index in [0.717, 1.165) is 13.1 Å². The average Bonchev–Trinajstić information content (AvgIpc) is 2.60.